The lowest BCUT2D eigenvalue weighted by Gasteiger charge is -2.31. The number of hydrogen-bond acceptors (Lipinski definition) is 5. The summed E-state index contributed by atoms with van der Waals surface area (Å²) >= 11 is 5.60. The molecule has 1 unspecified atom stereocenters. The van der Waals surface area contributed by atoms with Crippen LogP contribution in [0.4, 0.5) is 6.01 Å². The Labute approximate surface area is 93.4 Å². The van der Waals surface area contributed by atoms with Crippen LogP contribution in [0.25, 0.3) is 0 Å². The van der Waals surface area contributed by atoms with E-state index in [1.54, 1.807) is 0 Å². The number of anilines is 1. The highest BCUT2D eigenvalue weighted by molar-refractivity contribution is 6.17. The van der Waals surface area contributed by atoms with Gasteiger partial charge in [0, 0.05) is 18.8 Å². The van der Waals surface area contributed by atoms with Crippen molar-refractivity contribution in [3.8, 4) is 0 Å². The quantitative estimate of drug-likeness (QED) is 0.729. The van der Waals surface area contributed by atoms with Gasteiger partial charge in [-0.3, -0.25) is 0 Å². The summed E-state index contributed by atoms with van der Waals surface area (Å²) in [5.41, 5.74) is 0. The van der Waals surface area contributed by atoms with E-state index < -0.39 is 0 Å². The molecule has 0 spiro atoms. The van der Waals surface area contributed by atoms with Gasteiger partial charge < -0.3 is 14.1 Å². The minimum atomic E-state index is 0.281. The number of nitrogens with zero attached hydrogens (tertiary/aromatic N) is 3. The van der Waals surface area contributed by atoms with Crippen LogP contribution in [0, 0.1) is 0 Å². The van der Waals surface area contributed by atoms with Gasteiger partial charge in [-0.2, -0.15) is 0 Å². The fraction of sp³-hybridized carbons (Fsp3) is 0.778. The Bertz CT molecular complexity index is 318. The number of ether oxygens (including phenoxy) is 1. The largest absolute Gasteiger partial charge is 0.408 e. The molecule has 1 atom stereocenters. The summed E-state index contributed by atoms with van der Waals surface area (Å²) in [6.45, 7) is 4.28. The number of rotatable bonds is 3. The van der Waals surface area contributed by atoms with Crippen molar-refractivity contribution in [2.75, 3.05) is 30.5 Å². The first kappa shape index (κ1) is 10.7. The molecule has 2 heterocycles. The molecule has 6 heteroatoms. The maximum Gasteiger partial charge on any atom is 0.318 e. The monoisotopic (exact) mass is 231 g/mol. The van der Waals surface area contributed by atoms with Crippen molar-refractivity contribution < 1.29 is 9.15 Å². The molecule has 5 nitrogen and oxygen atoms in total. The summed E-state index contributed by atoms with van der Waals surface area (Å²) in [7, 11) is 0. The average molecular weight is 232 g/mol. The topological polar surface area (TPSA) is 51.4 Å². The second-order valence-electron chi connectivity index (χ2n) is 3.53. The first-order chi connectivity index (χ1) is 7.31. The van der Waals surface area contributed by atoms with Gasteiger partial charge in [-0.1, -0.05) is 5.10 Å². The van der Waals surface area contributed by atoms with Crippen LogP contribution in [-0.4, -0.2) is 41.9 Å². The maximum atomic E-state index is 5.60. The predicted octanol–water partition coefficient (Wildman–Crippen LogP) is 1.08. The zero-order chi connectivity index (χ0) is 10.7. The molecule has 84 valence electrons. The van der Waals surface area contributed by atoms with Crippen molar-refractivity contribution in [2.24, 2.45) is 0 Å². The molecule has 0 N–H and O–H groups in total. The van der Waals surface area contributed by atoms with Crippen molar-refractivity contribution in [1.29, 1.82) is 0 Å². The molecule has 0 bridgehead atoms. The Morgan fingerprint density at radius 2 is 2.40 bits per heavy atom. The highest BCUT2D eigenvalue weighted by atomic mass is 35.5. The molecule has 2 rings (SSSR count). The Balaban J connectivity index is 2.06. The van der Waals surface area contributed by atoms with Gasteiger partial charge in [-0.15, -0.1) is 16.7 Å². The summed E-state index contributed by atoms with van der Waals surface area (Å²) in [6.07, 6.45) is 0.618. The van der Waals surface area contributed by atoms with Gasteiger partial charge in [0.25, 0.3) is 0 Å². The second-order valence-corrected chi connectivity index (χ2v) is 3.91. The van der Waals surface area contributed by atoms with Gasteiger partial charge in [0.1, 0.15) is 0 Å². The highest BCUT2D eigenvalue weighted by Crippen LogP contribution is 2.18. The van der Waals surface area contributed by atoms with Crippen molar-refractivity contribution in [2.45, 2.75) is 19.4 Å². The minimum Gasteiger partial charge on any atom is -0.408 e. The molecule has 1 fully saturated rings. The van der Waals surface area contributed by atoms with Crippen LogP contribution in [0.3, 0.4) is 0 Å². The second kappa shape index (κ2) is 4.81. The average Bonchev–Trinajstić information content (AvgIpc) is 2.68. The van der Waals surface area contributed by atoms with Crippen molar-refractivity contribution >= 4 is 17.6 Å². The lowest BCUT2D eigenvalue weighted by atomic mass is 10.3. The van der Waals surface area contributed by atoms with Crippen molar-refractivity contribution in [3.05, 3.63) is 5.89 Å². The van der Waals surface area contributed by atoms with Crippen LogP contribution in [-0.2, 0) is 11.2 Å². The Morgan fingerprint density at radius 1 is 1.53 bits per heavy atom. The Morgan fingerprint density at radius 3 is 3.13 bits per heavy atom. The normalized spacial score (nSPS) is 22.0. The molecule has 1 saturated heterocycles. The molecule has 0 aliphatic carbocycles. The van der Waals surface area contributed by atoms with E-state index in [4.69, 9.17) is 20.8 Å². The fourth-order valence-corrected chi connectivity index (χ4v) is 1.72. The van der Waals surface area contributed by atoms with Gasteiger partial charge in [-0.25, -0.2) is 0 Å². The summed E-state index contributed by atoms with van der Waals surface area (Å²) < 4.78 is 10.8. The summed E-state index contributed by atoms with van der Waals surface area (Å²) in [6, 6.07) is 0.856. The first-order valence-electron chi connectivity index (χ1n) is 5.04. The third-order valence-corrected chi connectivity index (χ3v) is 2.57. The molecule has 1 aromatic heterocycles. The van der Waals surface area contributed by atoms with Gasteiger partial charge in [0.05, 0.1) is 19.3 Å². The summed E-state index contributed by atoms with van der Waals surface area (Å²) in [5.74, 6) is 1.10. The molecule has 15 heavy (non-hydrogen) atoms. The van der Waals surface area contributed by atoms with Gasteiger partial charge in [-0.05, 0) is 6.92 Å². The van der Waals surface area contributed by atoms with Crippen LogP contribution in [0.1, 0.15) is 12.8 Å². The maximum absolute atomic E-state index is 5.60. The number of aryl methyl sites for hydroxylation is 1. The molecule has 0 radical (unpaired) electrons. The summed E-state index contributed by atoms with van der Waals surface area (Å²) in [5, 5.41) is 7.94. The molecule has 0 amide bonds. The number of hydrogen-bond donors (Lipinski definition) is 0. The van der Waals surface area contributed by atoms with Crippen LogP contribution in [0.2, 0.25) is 0 Å². The molecule has 1 aromatic rings. The van der Waals surface area contributed by atoms with Crippen LogP contribution in [0.5, 0.6) is 0 Å². The molecular formula is C9H14ClN3O2. The van der Waals surface area contributed by atoms with E-state index in [0.717, 1.165) is 6.54 Å². The lowest BCUT2D eigenvalue weighted by Crippen LogP contribution is -2.43. The van der Waals surface area contributed by atoms with Gasteiger partial charge in [0.15, 0.2) is 0 Å². The fourth-order valence-electron chi connectivity index (χ4n) is 1.55. The third-order valence-electron chi connectivity index (χ3n) is 2.38. The predicted molar refractivity (Wildman–Crippen MR) is 56.3 cm³/mol. The number of halogens is 1. The van der Waals surface area contributed by atoms with Crippen LogP contribution in [0.15, 0.2) is 4.42 Å². The Hall–Kier alpha value is -0.810. The van der Waals surface area contributed by atoms with Crippen molar-refractivity contribution in [3.63, 3.8) is 0 Å². The van der Waals surface area contributed by atoms with E-state index in [-0.39, 0.29) is 6.04 Å². The summed E-state index contributed by atoms with van der Waals surface area (Å²) in [4.78, 5) is 2.06. The van der Waals surface area contributed by atoms with E-state index in [0.29, 0.717) is 37.4 Å². The molecular weight excluding hydrogens is 218 g/mol. The van der Waals surface area contributed by atoms with E-state index in [9.17, 15) is 0 Å². The van der Waals surface area contributed by atoms with Gasteiger partial charge in [0.2, 0.25) is 5.89 Å². The van der Waals surface area contributed by atoms with E-state index in [1.807, 2.05) is 0 Å². The van der Waals surface area contributed by atoms with Crippen LogP contribution < -0.4 is 4.90 Å². The zero-order valence-corrected chi connectivity index (χ0v) is 9.40. The standard InChI is InChI=1S/C9H14ClN3O2/c1-7-6-14-5-4-13(7)9-12-11-8(15-9)2-3-10/h7H,2-6H2,1H3. The third kappa shape index (κ3) is 2.41. The van der Waals surface area contributed by atoms with E-state index in [1.165, 1.54) is 0 Å². The van der Waals surface area contributed by atoms with E-state index >= 15 is 0 Å². The number of alkyl halides is 1. The van der Waals surface area contributed by atoms with Gasteiger partial charge >= 0.3 is 6.01 Å². The smallest absolute Gasteiger partial charge is 0.318 e. The number of aromatic nitrogens is 2. The van der Waals surface area contributed by atoms with E-state index in [2.05, 4.69) is 22.0 Å². The molecule has 1 aliphatic rings. The Kier molecular flexibility index (Phi) is 3.43. The van der Waals surface area contributed by atoms with Crippen LogP contribution >= 0.6 is 11.6 Å². The highest BCUT2D eigenvalue weighted by Gasteiger charge is 2.23. The minimum absolute atomic E-state index is 0.281. The lowest BCUT2D eigenvalue weighted by molar-refractivity contribution is 0.0960. The zero-order valence-electron chi connectivity index (χ0n) is 8.65. The SMILES string of the molecule is CC1COCCN1c1nnc(CCCl)o1. The molecule has 1 aliphatic heterocycles. The molecule has 0 saturated carbocycles. The van der Waals surface area contributed by atoms with Crippen molar-refractivity contribution in [1.82, 2.24) is 10.2 Å². The number of morpholine rings is 1. The molecule has 0 aromatic carbocycles. The first-order valence-corrected chi connectivity index (χ1v) is 5.57.